The molecule has 1 aliphatic carbocycles. The molecule has 0 heteroatoms. The normalized spacial score (nSPS) is 21.7. The summed E-state index contributed by atoms with van der Waals surface area (Å²) in [6.07, 6.45) is 22.1. The second kappa shape index (κ2) is 9.93. The number of hydrogen-bond donors (Lipinski definition) is 0. The van der Waals surface area contributed by atoms with E-state index < -0.39 is 0 Å². The molecule has 0 amide bonds. The van der Waals surface area contributed by atoms with Gasteiger partial charge in [-0.15, -0.1) is 0 Å². The van der Waals surface area contributed by atoms with Crippen LogP contribution >= 0.6 is 0 Å². The Morgan fingerprint density at radius 1 is 0.938 bits per heavy atom. The zero-order valence-corrected chi connectivity index (χ0v) is 11.2. The molecule has 0 saturated carbocycles. The molecule has 0 radical (unpaired) electrons. The quantitative estimate of drug-likeness (QED) is 0.373. The van der Waals surface area contributed by atoms with Crippen LogP contribution in [0, 0.1) is 5.92 Å². The molecule has 1 aliphatic rings. The van der Waals surface area contributed by atoms with Gasteiger partial charge in [-0.3, -0.25) is 0 Å². The highest BCUT2D eigenvalue weighted by atomic mass is 14.1. The van der Waals surface area contributed by atoms with Crippen LogP contribution in [-0.4, -0.2) is 0 Å². The molecule has 0 aromatic carbocycles. The molecule has 94 valence electrons. The van der Waals surface area contributed by atoms with E-state index in [0.717, 1.165) is 5.92 Å². The van der Waals surface area contributed by atoms with Crippen molar-refractivity contribution in [3.05, 3.63) is 12.2 Å². The van der Waals surface area contributed by atoms with Crippen molar-refractivity contribution in [2.45, 2.75) is 84.0 Å². The van der Waals surface area contributed by atoms with E-state index >= 15 is 0 Å². The first-order chi connectivity index (χ1) is 7.93. The lowest BCUT2D eigenvalue weighted by atomic mass is 9.92. The van der Waals surface area contributed by atoms with Gasteiger partial charge < -0.3 is 0 Å². The van der Waals surface area contributed by atoms with Crippen molar-refractivity contribution in [3.8, 4) is 0 Å². The maximum atomic E-state index is 2.51. The second-order valence-corrected chi connectivity index (χ2v) is 5.38. The smallest absolute Gasteiger partial charge is 0.0234 e. The average Bonchev–Trinajstić information content (AvgIpc) is 2.25. The standard InChI is InChI=1S/C16H30/c1-2-3-4-5-7-10-13-16-14-11-8-6-9-12-15-16/h11,14,16H,2-10,12-13,15H2,1H3. The van der Waals surface area contributed by atoms with Crippen molar-refractivity contribution >= 4 is 0 Å². The Labute approximate surface area is 103 Å². The van der Waals surface area contributed by atoms with Crippen molar-refractivity contribution in [2.75, 3.05) is 0 Å². The van der Waals surface area contributed by atoms with Crippen LogP contribution in [0.3, 0.4) is 0 Å². The third kappa shape index (κ3) is 7.09. The lowest BCUT2D eigenvalue weighted by Crippen LogP contribution is -1.99. The van der Waals surface area contributed by atoms with Gasteiger partial charge in [0.25, 0.3) is 0 Å². The van der Waals surface area contributed by atoms with E-state index in [1.807, 2.05) is 0 Å². The average molecular weight is 222 g/mol. The summed E-state index contributed by atoms with van der Waals surface area (Å²) in [4.78, 5) is 0. The van der Waals surface area contributed by atoms with Crippen LogP contribution in [0.1, 0.15) is 84.0 Å². The van der Waals surface area contributed by atoms with Crippen LogP contribution < -0.4 is 0 Å². The molecule has 1 unspecified atom stereocenters. The van der Waals surface area contributed by atoms with E-state index in [-0.39, 0.29) is 0 Å². The highest BCUT2D eigenvalue weighted by Crippen LogP contribution is 2.22. The first-order valence-electron chi connectivity index (χ1n) is 7.60. The van der Waals surface area contributed by atoms with Gasteiger partial charge in [-0.2, -0.15) is 0 Å². The second-order valence-electron chi connectivity index (χ2n) is 5.38. The third-order valence-electron chi connectivity index (χ3n) is 3.78. The Hall–Kier alpha value is -0.260. The first kappa shape index (κ1) is 13.8. The SMILES string of the molecule is CCCCCCCCC1C=CCCCCC1. The van der Waals surface area contributed by atoms with Crippen LogP contribution in [0.15, 0.2) is 12.2 Å². The molecule has 0 spiro atoms. The molecule has 0 aromatic heterocycles. The van der Waals surface area contributed by atoms with E-state index in [0.29, 0.717) is 0 Å². The maximum absolute atomic E-state index is 2.51. The van der Waals surface area contributed by atoms with Crippen LogP contribution in [0.4, 0.5) is 0 Å². The summed E-state index contributed by atoms with van der Waals surface area (Å²) in [6, 6.07) is 0. The molecule has 1 rings (SSSR count). The molecule has 0 nitrogen and oxygen atoms in total. The van der Waals surface area contributed by atoms with Gasteiger partial charge in [-0.05, 0) is 31.6 Å². The Morgan fingerprint density at radius 2 is 1.75 bits per heavy atom. The summed E-state index contributed by atoms with van der Waals surface area (Å²) in [5, 5.41) is 0. The number of allylic oxidation sites excluding steroid dienone is 2. The molecular formula is C16H30. The molecule has 0 heterocycles. The number of hydrogen-bond acceptors (Lipinski definition) is 0. The summed E-state index contributed by atoms with van der Waals surface area (Å²) >= 11 is 0. The van der Waals surface area contributed by atoms with E-state index in [9.17, 15) is 0 Å². The Balaban J connectivity index is 1.99. The van der Waals surface area contributed by atoms with E-state index in [1.165, 1.54) is 77.0 Å². The van der Waals surface area contributed by atoms with Crippen LogP contribution in [0.5, 0.6) is 0 Å². The lowest BCUT2D eigenvalue weighted by molar-refractivity contribution is 0.462. The first-order valence-corrected chi connectivity index (χ1v) is 7.60. The fraction of sp³-hybridized carbons (Fsp3) is 0.875. The van der Waals surface area contributed by atoms with Crippen molar-refractivity contribution < 1.29 is 0 Å². The van der Waals surface area contributed by atoms with Gasteiger partial charge in [0.05, 0.1) is 0 Å². The van der Waals surface area contributed by atoms with Gasteiger partial charge in [0.2, 0.25) is 0 Å². The Kier molecular flexibility index (Phi) is 8.57. The topological polar surface area (TPSA) is 0 Å². The predicted octanol–water partition coefficient (Wildman–Crippen LogP) is 5.87. The van der Waals surface area contributed by atoms with E-state index in [2.05, 4.69) is 19.1 Å². The van der Waals surface area contributed by atoms with Crippen molar-refractivity contribution in [2.24, 2.45) is 5.92 Å². The molecule has 0 aliphatic heterocycles. The maximum Gasteiger partial charge on any atom is -0.0234 e. The van der Waals surface area contributed by atoms with Crippen molar-refractivity contribution in [1.82, 2.24) is 0 Å². The number of rotatable bonds is 7. The summed E-state index contributed by atoms with van der Waals surface area (Å²) in [7, 11) is 0. The minimum absolute atomic E-state index is 0.909. The largest absolute Gasteiger partial charge is 0.0883 e. The highest BCUT2D eigenvalue weighted by molar-refractivity contribution is 4.89. The van der Waals surface area contributed by atoms with Gasteiger partial charge >= 0.3 is 0 Å². The lowest BCUT2D eigenvalue weighted by Gasteiger charge is -2.14. The zero-order chi connectivity index (χ0) is 11.5. The van der Waals surface area contributed by atoms with Crippen molar-refractivity contribution in [1.29, 1.82) is 0 Å². The molecule has 0 bridgehead atoms. The number of unbranched alkanes of at least 4 members (excludes halogenated alkanes) is 5. The van der Waals surface area contributed by atoms with Gasteiger partial charge in [0.15, 0.2) is 0 Å². The third-order valence-corrected chi connectivity index (χ3v) is 3.78. The Bertz CT molecular complexity index is 169. The van der Waals surface area contributed by atoms with Crippen LogP contribution in [0.25, 0.3) is 0 Å². The summed E-state index contributed by atoms with van der Waals surface area (Å²) in [6.45, 7) is 2.29. The van der Waals surface area contributed by atoms with E-state index in [1.54, 1.807) is 0 Å². The minimum Gasteiger partial charge on any atom is -0.0883 e. The summed E-state index contributed by atoms with van der Waals surface area (Å²) < 4.78 is 0. The fourth-order valence-electron chi connectivity index (χ4n) is 2.66. The zero-order valence-electron chi connectivity index (χ0n) is 11.2. The summed E-state index contributed by atoms with van der Waals surface area (Å²) in [5.41, 5.74) is 0. The monoisotopic (exact) mass is 222 g/mol. The highest BCUT2D eigenvalue weighted by Gasteiger charge is 2.06. The molecular weight excluding hydrogens is 192 g/mol. The molecule has 0 N–H and O–H groups in total. The molecule has 1 atom stereocenters. The van der Waals surface area contributed by atoms with Gasteiger partial charge in [0.1, 0.15) is 0 Å². The Morgan fingerprint density at radius 3 is 2.62 bits per heavy atom. The predicted molar refractivity (Wildman–Crippen MR) is 73.7 cm³/mol. The van der Waals surface area contributed by atoms with Gasteiger partial charge in [0, 0.05) is 0 Å². The molecule has 0 saturated heterocycles. The van der Waals surface area contributed by atoms with Gasteiger partial charge in [-0.1, -0.05) is 70.4 Å². The van der Waals surface area contributed by atoms with Crippen LogP contribution in [0.2, 0.25) is 0 Å². The van der Waals surface area contributed by atoms with E-state index in [4.69, 9.17) is 0 Å². The molecule has 0 fully saturated rings. The molecule has 0 aromatic rings. The fourth-order valence-corrected chi connectivity index (χ4v) is 2.66. The van der Waals surface area contributed by atoms with Crippen molar-refractivity contribution in [3.63, 3.8) is 0 Å². The minimum atomic E-state index is 0.909. The molecule has 16 heavy (non-hydrogen) atoms. The van der Waals surface area contributed by atoms with Crippen LogP contribution in [-0.2, 0) is 0 Å². The summed E-state index contributed by atoms with van der Waals surface area (Å²) in [5.74, 6) is 0.909. The van der Waals surface area contributed by atoms with Gasteiger partial charge in [-0.25, -0.2) is 0 Å².